The van der Waals surface area contributed by atoms with Gasteiger partial charge >= 0.3 is 5.97 Å². The van der Waals surface area contributed by atoms with Crippen LogP contribution in [0.2, 0.25) is 0 Å². The predicted octanol–water partition coefficient (Wildman–Crippen LogP) is 5.56. The largest absolute Gasteiger partial charge is 0.455 e. The highest BCUT2D eigenvalue weighted by Crippen LogP contribution is 2.59. The fourth-order valence-corrected chi connectivity index (χ4v) is 8.91. The number of fused-ring (bicyclic) bond motifs is 1. The van der Waals surface area contributed by atoms with Crippen LogP contribution < -0.4 is 10.2 Å². The van der Waals surface area contributed by atoms with Crippen LogP contribution in [0.5, 0.6) is 0 Å². The van der Waals surface area contributed by atoms with Crippen LogP contribution in [0.15, 0.2) is 104 Å². The van der Waals surface area contributed by atoms with E-state index in [1.165, 1.54) is 4.90 Å². The SMILES string of the molecule is C=CCCC(=O)N[C@@H](C)[C@H](OC(=O)[C@@H]1[C@@H]2CC[C@]3(O2)[C@H](C(=O)N(CC=C)c2c(C)cccc2C)N([C@@H](CO)Cc2ccccc2)C(=O)[C@@H]13)c1ccccc1. The molecule has 0 radical (unpaired) electrons. The summed E-state index contributed by atoms with van der Waals surface area (Å²) in [7, 11) is 0. The summed E-state index contributed by atoms with van der Waals surface area (Å²) in [6.45, 7) is 13.1. The first-order valence-corrected chi connectivity index (χ1v) is 18.8. The van der Waals surface area contributed by atoms with Crippen LogP contribution in [0.25, 0.3) is 0 Å². The van der Waals surface area contributed by atoms with Crippen LogP contribution in [0.1, 0.15) is 61.0 Å². The molecular weight excluding hydrogens is 682 g/mol. The number of aliphatic hydroxyl groups excluding tert-OH is 1. The summed E-state index contributed by atoms with van der Waals surface area (Å²) in [6.07, 6.45) is 3.66. The highest BCUT2D eigenvalue weighted by molar-refractivity contribution is 6.05. The molecule has 0 unspecified atom stereocenters. The normalized spacial score (nSPS) is 24.3. The van der Waals surface area contributed by atoms with Gasteiger partial charge in [-0.3, -0.25) is 19.2 Å². The fourth-order valence-electron chi connectivity index (χ4n) is 8.91. The molecule has 2 N–H and O–H groups in total. The zero-order chi connectivity index (χ0) is 38.6. The van der Waals surface area contributed by atoms with Gasteiger partial charge in [-0.2, -0.15) is 0 Å². The Morgan fingerprint density at radius 1 is 1.02 bits per heavy atom. The van der Waals surface area contributed by atoms with E-state index in [2.05, 4.69) is 18.5 Å². The van der Waals surface area contributed by atoms with Gasteiger partial charge in [-0.15, -0.1) is 13.2 Å². The van der Waals surface area contributed by atoms with Crippen molar-refractivity contribution in [2.24, 2.45) is 11.8 Å². The number of likely N-dealkylation sites (tertiary alicyclic amines) is 1. The lowest BCUT2D eigenvalue weighted by atomic mass is 9.70. The Morgan fingerprint density at radius 3 is 2.31 bits per heavy atom. The van der Waals surface area contributed by atoms with Gasteiger partial charge in [0.25, 0.3) is 5.91 Å². The smallest absolute Gasteiger partial charge is 0.313 e. The van der Waals surface area contributed by atoms with Crippen molar-refractivity contribution < 1.29 is 33.8 Å². The van der Waals surface area contributed by atoms with Gasteiger partial charge in [-0.25, -0.2) is 0 Å². The number of esters is 1. The first-order chi connectivity index (χ1) is 26.1. The van der Waals surface area contributed by atoms with Crippen LogP contribution in [-0.2, 0) is 35.1 Å². The van der Waals surface area contributed by atoms with Crippen molar-refractivity contribution in [1.82, 2.24) is 10.2 Å². The van der Waals surface area contributed by atoms with Crippen LogP contribution in [0, 0.1) is 25.7 Å². The predicted molar refractivity (Wildman–Crippen MR) is 206 cm³/mol. The maximum Gasteiger partial charge on any atom is 0.313 e. The molecule has 8 atom stereocenters. The minimum absolute atomic E-state index is 0.177. The Morgan fingerprint density at radius 2 is 1.69 bits per heavy atom. The third-order valence-electron chi connectivity index (χ3n) is 11.2. The number of benzene rings is 3. The van der Waals surface area contributed by atoms with E-state index in [-0.39, 0.29) is 31.2 Å². The van der Waals surface area contributed by atoms with E-state index in [4.69, 9.17) is 9.47 Å². The maximum atomic E-state index is 15.3. The maximum absolute atomic E-state index is 15.3. The number of ether oxygens (including phenoxy) is 2. The molecule has 0 aromatic heterocycles. The Bertz CT molecular complexity index is 1850. The molecule has 1 spiro atoms. The molecule has 2 bridgehead atoms. The standard InChI is InChI=1S/C44H51N3O7/c1-6-8-22-35(49)45-30(5)39(32-20-13-10-14-21-32)53-43(52)36-34-23-24-44(54-34)37(36)41(50)47(33(27-48)26-31-18-11-9-12-19-31)40(44)42(51)46(25-7-2)38-28(3)16-15-17-29(38)4/h6-7,9-21,30,33-34,36-37,39-40,48H,1-2,8,22-27H2,3-5H3,(H,45,49)/t30-,33+,34-,36+,37+,39-,40-,44+/m0/s1. The number of nitrogens with one attached hydrogen (secondary N) is 1. The van der Waals surface area contributed by atoms with E-state index in [9.17, 15) is 14.7 Å². The second-order valence-electron chi connectivity index (χ2n) is 14.8. The van der Waals surface area contributed by atoms with E-state index in [1.807, 2.05) is 92.7 Å². The number of hydrogen-bond acceptors (Lipinski definition) is 7. The number of amides is 3. The zero-order valence-corrected chi connectivity index (χ0v) is 31.4. The van der Waals surface area contributed by atoms with Gasteiger partial charge in [0.2, 0.25) is 11.8 Å². The number of allylic oxidation sites excluding steroid dienone is 1. The van der Waals surface area contributed by atoms with Crippen molar-refractivity contribution in [3.8, 4) is 0 Å². The van der Waals surface area contributed by atoms with Crippen LogP contribution in [0.3, 0.4) is 0 Å². The molecule has 10 nitrogen and oxygen atoms in total. The summed E-state index contributed by atoms with van der Waals surface area (Å²) in [5.41, 5.74) is 2.72. The summed E-state index contributed by atoms with van der Waals surface area (Å²) in [6, 6.07) is 22.0. The Labute approximate surface area is 317 Å². The van der Waals surface area contributed by atoms with E-state index < -0.39 is 66.3 Å². The third kappa shape index (κ3) is 7.24. The third-order valence-corrected chi connectivity index (χ3v) is 11.2. The second-order valence-corrected chi connectivity index (χ2v) is 14.8. The molecule has 54 heavy (non-hydrogen) atoms. The average molecular weight is 734 g/mol. The fraction of sp³-hybridized carbons (Fsp3) is 0.409. The van der Waals surface area contributed by atoms with E-state index in [0.717, 1.165) is 22.4 Å². The van der Waals surface area contributed by atoms with E-state index >= 15 is 9.59 Å². The molecule has 6 rings (SSSR count). The number of hydrogen-bond donors (Lipinski definition) is 2. The number of carbonyl (C=O) groups excluding carboxylic acids is 4. The number of para-hydroxylation sites is 1. The lowest BCUT2D eigenvalue weighted by molar-refractivity contribution is -0.162. The average Bonchev–Trinajstić information content (AvgIpc) is 3.82. The van der Waals surface area contributed by atoms with Crippen molar-refractivity contribution in [3.05, 3.63) is 126 Å². The quantitative estimate of drug-likeness (QED) is 0.146. The van der Waals surface area contributed by atoms with Gasteiger partial charge in [0.15, 0.2) is 0 Å². The monoisotopic (exact) mass is 733 g/mol. The molecule has 0 aliphatic carbocycles. The summed E-state index contributed by atoms with van der Waals surface area (Å²) in [4.78, 5) is 60.8. The van der Waals surface area contributed by atoms with E-state index in [0.29, 0.717) is 24.8 Å². The van der Waals surface area contributed by atoms with Crippen molar-refractivity contribution in [2.75, 3.05) is 18.1 Å². The molecule has 3 saturated heterocycles. The minimum atomic E-state index is -1.34. The Kier molecular flexibility index (Phi) is 11.8. The summed E-state index contributed by atoms with van der Waals surface area (Å²) < 4.78 is 13.1. The first kappa shape index (κ1) is 38.7. The summed E-state index contributed by atoms with van der Waals surface area (Å²) in [5, 5.41) is 13.9. The zero-order valence-electron chi connectivity index (χ0n) is 31.4. The van der Waals surface area contributed by atoms with Gasteiger partial charge in [0.05, 0.1) is 36.6 Å². The molecule has 3 fully saturated rings. The molecule has 3 aromatic rings. The number of carbonyl (C=O) groups is 4. The summed E-state index contributed by atoms with van der Waals surface area (Å²) >= 11 is 0. The summed E-state index contributed by atoms with van der Waals surface area (Å²) in [5.74, 6) is -3.65. The topological polar surface area (TPSA) is 125 Å². The Balaban J connectivity index is 1.39. The van der Waals surface area contributed by atoms with Gasteiger partial charge in [0, 0.05) is 18.7 Å². The molecule has 3 heterocycles. The highest BCUT2D eigenvalue weighted by Gasteiger charge is 2.76. The van der Waals surface area contributed by atoms with Crippen molar-refractivity contribution in [2.45, 2.75) is 88.8 Å². The van der Waals surface area contributed by atoms with Crippen molar-refractivity contribution in [1.29, 1.82) is 0 Å². The van der Waals surface area contributed by atoms with Crippen LogP contribution >= 0.6 is 0 Å². The van der Waals surface area contributed by atoms with Crippen molar-refractivity contribution >= 4 is 29.4 Å². The molecule has 10 heteroatoms. The van der Waals surface area contributed by atoms with Gasteiger partial charge in [0.1, 0.15) is 17.7 Å². The minimum Gasteiger partial charge on any atom is -0.455 e. The van der Waals surface area contributed by atoms with Crippen LogP contribution in [0.4, 0.5) is 5.69 Å². The molecule has 0 saturated carbocycles. The van der Waals surface area contributed by atoms with Crippen molar-refractivity contribution in [3.63, 3.8) is 0 Å². The molecule has 3 aliphatic heterocycles. The van der Waals surface area contributed by atoms with E-state index in [1.54, 1.807) is 24.0 Å². The molecule has 3 aromatic carbocycles. The number of nitrogens with zero attached hydrogens (tertiary/aromatic N) is 2. The molecule has 3 amide bonds. The van der Waals surface area contributed by atoms with Gasteiger partial charge in [-0.1, -0.05) is 91.0 Å². The Hall–Kier alpha value is -5.06. The number of anilines is 1. The first-order valence-electron chi connectivity index (χ1n) is 18.8. The number of aryl methyl sites for hydroxylation is 2. The lowest BCUT2D eigenvalue weighted by Gasteiger charge is -2.40. The highest BCUT2D eigenvalue weighted by atomic mass is 16.6. The molecular formula is C44H51N3O7. The lowest BCUT2D eigenvalue weighted by Crippen LogP contribution is -2.59. The van der Waals surface area contributed by atoms with Gasteiger partial charge < -0.3 is 29.7 Å². The molecule has 284 valence electrons. The number of aliphatic hydroxyl groups is 1. The van der Waals surface area contributed by atoms with Gasteiger partial charge in [-0.05, 0) is 68.7 Å². The number of rotatable bonds is 16. The van der Waals surface area contributed by atoms with Crippen LogP contribution in [-0.4, -0.2) is 76.7 Å². The second kappa shape index (κ2) is 16.5. The molecule has 3 aliphatic rings.